The molecule has 5 nitrogen and oxygen atoms in total. The molecular formula is C33H33N3O2. The third-order valence-corrected chi connectivity index (χ3v) is 9.84. The van der Waals surface area contributed by atoms with Gasteiger partial charge in [0.2, 0.25) is 0 Å². The van der Waals surface area contributed by atoms with Gasteiger partial charge in [0.05, 0.1) is 17.3 Å². The Balaban J connectivity index is 1.30. The van der Waals surface area contributed by atoms with Crippen LogP contribution >= 0.6 is 0 Å². The van der Waals surface area contributed by atoms with E-state index in [-0.39, 0.29) is 11.2 Å². The number of piperidine rings is 1. The highest BCUT2D eigenvalue weighted by Crippen LogP contribution is 2.55. The Morgan fingerprint density at radius 2 is 1.76 bits per heavy atom. The zero-order valence-electron chi connectivity index (χ0n) is 21.9. The standard InChI is InChI=1S/C33H33N3O2/c1-2-23-18-27-28(20-30(23)36-13-7-25(8-14-36)35-11-3-4-12-35)33(9-15-38-16-10-33)29-19-24-17-22(21-34)5-6-26(24)31(29)32(27)37/h1,5-6,17-18,20,25H,3-4,7-16,19H2. The summed E-state index contributed by atoms with van der Waals surface area (Å²) in [4.78, 5) is 19.3. The molecule has 1 spiro atoms. The van der Waals surface area contributed by atoms with Gasteiger partial charge in [-0.2, -0.15) is 5.26 Å². The molecule has 2 aromatic rings. The molecule has 5 heteroatoms. The average molecular weight is 504 g/mol. The molecule has 0 unspecified atom stereocenters. The molecule has 0 N–H and O–H groups in total. The summed E-state index contributed by atoms with van der Waals surface area (Å²) in [5, 5.41) is 9.48. The van der Waals surface area contributed by atoms with Crippen molar-refractivity contribution in [1.82, 2.24) is 4.90 Å². The summed E-state index contributed by atoms with van der Waals surface area (Å²) in [7, 11) is 0. The number of fused-ring (bicyclic) bond motifs is 5. The van der Waals surface area contributed by atoms with Crippen LogP contribution in [-0.4, -0.2) is 56.1 Å². The normalized spacial score (nSPS) is 22.7. The highest BCUT2D eigenvalue weighted by atomic mass is 16.5. The summed E-state index contributed by atoms with van der Waals surface area (Å²) in [6.07, 6.45) is 13.5. The maximum absolute atomic E-state index is 14.1. The van der Waals surface area contributed by atoms with Crippen molar-refractivity contribution >= 4 is 17.0 Å². The van der Waals surface area contributed by atoms with Crippen molar-refractivity contribution in [2.75, 3.05) is 44.3 Å². The number of carbonyl (C=O) groups excluding carboxylic acids is 1. The van der Waals surface area contributed by atoms with Gasteiger partial charge in [-0.15, -0.1) is 6.42 Å². The minimum atomic E-state index is -0.238. The number of likely N-dealkylation sites (tertiary alicyclic amines) is 1. The van der Waals surface area contributed by atoms with Gasteiger partial charge in [-0.25, -0.2) is 0 Å². The van der Waals surface area contributed by atoms with Crippen molar-refractivity contribution in [3.63, 3.8) is 0 Å². The van der Waals surface area contributed by atoms with E-state index in [1.165, 1.54) is 31.5 Å². The first-order chi connectivity index (χ1) is 18.6. The van der Waals surface area contributed by atoms with Gasteiger partial charge in [-0.3, -0.25) is 4.79 Å². The maximum atomic E-state index is 14.1. The molecule has 3 heterocycles. The Kier molecular flexibility index (Phi) is 5.69. The summed E-state index contributed by atoms with van der Waals surface area (Å²) in [5.74, 6) is 3.01. The van der Waals surface area contributed by atoms with E-state index < -0.39 is 0 Å². The summed E-state index contributed by atoms with van der Waals surface area (Å²) in [6.45, 7) is 5.82. The van der Waals surface area contributed by atoms with Crippen molar-refractivity contribution in [1.29, 1.82) is 5.26 Å². The Morgan fingerprint density at radius 1 is 1.00 bits per heavy atom. The average Bonchev–Trinajstić information content (AvgIpc) is 3.65. The Labute approximate surface area is 225 Å². The fourth-order valence-corrected chi connectivity index (χ4v) is 7.88. The van der Waals surface area contributed by atoms with Crippen molar-refractivity contribution in [3.05, 3.63) is 69.3 Å². The third-order valence-electron chi connectivity index (χ3n) is 9.84. The first-order valence-electron chi connectivity index (χ1n) is 14.2. The van der Waals surface area contributed by atoms with Crippen LogP contribution < -0.4 is 4.90 Å². The molecule has 0 bridgehead atoms. The van der Waals surface area contributed by atoms with Crippen LogP contribution in [0.1, 0.15) is 76.7 Å². The number of hydrogen-bond donors (Lipinski definition) is 0. The summed E-state index contributed by atoms with van der Waals surface area (Å²) in [5.41, 5.74) is 8.34. The first kappa shape index (κ1) is 23.7. The number of ketones is 1. The van der Waals surface area contributed by atoms with Crippen LogP contribution in [0.5, 0.6) is 0 Å². The largest absolute Gasteiger partial charge is 0.381 e. The minimum Gasteiger partial charge on any atom is -0.381 e. The topological polar surface area (TPSA) is 56.6 Å². The van der Waals surface area contributed by atoms with Crippen molar-refractivity contribution in [3.8, 4) is 18.4 Å². The number of Topliss-reactive ketones (excluding diaryl/α,β-unsaturated/α-hetero) is 1. The highest BCUT2D eigenvalue weighted by molar-refractivity contribution is 6.33. The van der Waals surface area contributed by atoms with Gasteiger partial charge in [0.15, 0.2) is 5.78 Å². The van der Waals surface area contributed by atoms with Gasteiger partial charge in [-0.05, 0) is 105 Å². The van der Waals surface area contributed by atoms with Gasteiger partial charge in [0.25, 0.3) is 0 Å². The number of hydrogen-bond acceptors (Lipinski definition) is 5. The Morgan fingerprint density at radius 3 is 2.47 bits per heavy atom. The zero-order valence-corrected chi connectivity index (χ0v) is 21.9. The van der Waals surface area contributed by atoms with E-state index in [0.717, 1.165) is 84.3 Å². The van der Waals surface area contributed by atoms with E-state index in [0.29, 0.717) is 24.8 Å². The SMILES string of the molecule is C#Cc1cc2c(cc1N1CCC(N3CCCC3)CC1)C1(CCOCC1)C1=C(C2=O)c2ccc(C#N)cc2C1. The van der Waals surface area contributed by atoms with Gasteiger partial charge >= 0.3 is 0 Å². The van der Waals surface area contributed by atoms with E-state index >= 15 is 0 Å². The lowest BCUT2D eigenvalue weighted by Gasteiger charge is -2.44. The van der Waals surface area contributed by atoms with E-state index in [4.69, 9.17) is 11.2 Å². The van der Waals surface area contributed by atoms with Crippen LogP contribution in [0.2, 0.25) is 0 Å². The molecule has 7 rings (SSSR count). The predicted octanol–water partition coefficient (Wildman–Crippen LogP) is 4.86. The summed E-state index contributed by atoms with van der Waals surface area (Å²) in [6, 6.07) is 13.0. The molecule has 0 amide bonds. The third kappa shape index (κ3) is 3.49. The first-order valence-corrected chi connectivity index (χ1v) is 14.2. The Bertz CT molecular complexity index is 1440. The minimum absolute atomic E-state index is 0.0753. The second kappa shape index (κ2) is 9.12. The van der Waals surface area contributed by atoms with Crippen LogP contribution in [0.15, 0.2) is 35.9 Å². The zero-order chi connectivity index (χ0) is 25.9. The smallest absolute Gasteiger partial charge is 0.193 e. The summed E-state index contributed by atoms with van der Waals surface area (Å²) < 4.78 is 5.85. The number of terminal acetylenes is 1. The molecule has 0 atom stereocenters. The molecule has 2 aliphatic carbocycles. The second-order valence-corrected chi connectivity index (χ2v) is 11.6. The van der Waals surface area contributed by atoms with Crippen molar-refractivity contribution in [2.24, 2.45) is 0 Å². The van der Waals surface area contributed by atoms with Crippen LogP contribution in [0.3, 0.4) is 0 Å². The highest BCUT2D eigenvalue weighted by Gasteiger charge is 2.49. The van der Waals surface area contributed by atoms with Crippen LogP contribution in [0, 0.1) is 23.7 Å². The van der Waals surface area contributed by atoms with E-state index in [1.54, 1.807) is 0 Å². The number of benzene rings is 2. The quantitative estimate of drug-likeness (QED) is 0.548. The fraction of sp³-hybridized carbons (Fsp3) is 0.455. The van der Waals surface area contributed by atoms with Crippen molar-refractivity contribution in [2.45, 2.75) is 56.4 Å². The lowest BCUT2D eigenvalue weighted by Crippen LogP contribution is -2.44. The number of nitriles is 1. The molecular weight excluding hydrogens is 470 g/mol. The number of allylic oxidation sites excluding steroid dienone is 2. The van der Waals surface area contributed by atoms with E-state index in [1.807, 2.05) is 24.3 Å². The van der Waals surface area contributed by atoms with Crippen LogP contribution in [-0.2, 0) is 16.6 Å². The van der Waals surface area contributed by atoms with Gasteiger partial charge in [0, 0.05) is 54.5 Å². The molecule has 3 aliphatic heterocycles. The van der Waals surface area contributed by atoms with E-state index in [9.17, 15) is 10.1 Å². The second-order valence-electron chi connectivity index (χ2n) is 11.6. The monoisotopic (exact) mass is 503 g/mol. The molecule has 0 radical (unpaired) electrons. The number of rotatable bonds is 2. The molecule has 3 saturated heterocycles. The lowest BCUT2D eigenvalue weighted by molar-refractivity contribution is 0.0603. The van der Waals surface area contributed by atoms with Crippen LogP contribution in [0.25, 0.3) is 5.57 Å². The van der Waals surface area contributed by atoms with Gasteiger partial charge in [0.1, 0.15) is 0 Å². The maximum Gasteiger partial charge on any atom is 0.193 e. The van der Waals surface area contributed by atoms with Crippen molar-refractivity contribution < 1.29 is 9.53 Å². The number of nitrogens with zero attached hydrogens (tertiary/aromatic N) is 3. The fourth-order valence-electron chi connectivity index (χ4n) is 7.88. The number of carbonyl (C=O) groups is 1. The molecule has 3 fully saturated rings. The molecule has 0 aromatic heterocycles. The molecule has 38 heavy (non-hydrogen) atoms. The molecule has 192 valence electrons. The predicted molar refractivity (Wildman–Crippen MR) is 148 cm³/mol. The van der Waals surface area contributed by atoms with Gasteiger partial charge < -0.3 is 14.5 Å². The number of ether oxygens (including phenoxy) is 1. The van der Waals surface area contributed by atoms with Crippen LogP contribution in [0.4, 0.5) is 5.69 Å². The molecule has 5 aliphatic rings. The lowest BCUT2D eigenvalue weighted by atomic mass is 9.62. The number of anilines is 1. The molecule has 2 aromatic carbocycles. The summed E-state index contributed by atoms with van der Waals surface area (Å²) >= 11 is 0. The van der Waals surface area contributed by atoms with E-state index in [2.05, 4.69) is 27.9 Å². The Hall–Kier alpha value is -3.38. The molecule has 0 saturated carbocycles. The van der Waals surface area contributed by atoms with Gasteiger partial charge in [-0.1, -0.05) is 12.0 Å².